The van der Waals surface area contributed by atoms with E-state index in [4.69, 9.17) is 9.47 Å². The van der Waals surface area contributed by atoms with Crippen molar-refractivity contribution < 1.29 is 28.6 Å². The quantitative estimate of drug-likeness (QED) is 0.519. The van der Waals surface area contributed by atoms with E-state index in [1.165, 1.54) is 25.3 Å². The maximum atomic E-state index is 13.2. The van der Waals surface area contributed by atoms with Crippen LogP contribution in [-0.4, -0.2) is 68.4 Å². The number of rotatable bonds is 7. The van der Waals surface area contributed by atoms with Gasteiger partial charge in [-0.25, -0.2) is 14.0 Å². The maximum absolute atomic E-state index is 13.2. The maximum Gasteiger partial charge on any atom is 0.338 e. The van der Waals surface area contributed by atoms with Crippen LogP contribution < -0.4 is 20.3 Å². The smallest absolute Gasteiger partial charge is 0.338 e. The van der Waals surface area contributed by atoms with Crippen LogP contribution in [-0.2, 0) is 9.53 Å². The lowest BCUT2D eigenvalue weighted by molar-refractivity contribution is -0.136. The Hall–Kier alpha value is -3.79. The minimum atomic E-state index is -0.772. The Morgan fingerprint density at radius 1 is 1.14 bits per heavy atom. The van der Waals surface area contributed by atoms with Gasteiger partial charge in [0.1, 0.15) is 5.82 Å². The third kappa shape index (κ3) is 5.48. The summed E-state index contributed by atoms with van der Waals surface area (Å²) in [5.41, 5.74) is 2.29. The molecule has 2 aromatic carbocycles. The second-order valence-corrected chi connectivity index (χ2v) is 8.32. The van der Waals surface area contributed by atoms with Crippen molar-refractivity contribution in [1.82, 2.24) is 15.5 Å². The van der Waals surface area contributed by atoms with Crippen molar-refractivity contribution in [3.8, 4) is 11.5 Å². The first kappa shape index (κ1) is 24.3. The highest BCUT2D eigenvalue weighted by Gasteiger charge is 2.35. The van der Waals surface area contributed by atoms with E-state index in [-0.39, 0.29) is 17.3 Å². The van der Waals surface area contributed by atoms with Gasteiger partial charge in [0.05, 0.1) is 25.3 Å². The van der Waals surface area contributed by atoms with Gasteiger partial charge in [-0.05, 0) is 48.9 Å². The van der Waals surface area contributed by atoms with E-state index in [0.717, 1.165) is 18.8 Å². The average Bonchev–Trinajstić information content (AvgIpc) is 2.86. The van der Waals surface area contributed by atoms with Crippen LogP contribution in [0.25, 0.3) is 0 Å². The number of aromatic hydroxyl groups is 1. The van der Waals surface area contributed by atoms with Crippen LogP contribution in [0.1, 0.15) is 18.5 Å². The summed E-state index contributed by atoms with van der Waals surface area (Å²) in [6.07, 6.45) is 0. The number of methoxy groups -OCH3 is 1. The lowest BCUT2D eigenvalue weighted by Crippen LogP contribution is -2.51. The topological polar surface area (TPSA) is 103 Å². The number of amides is 2. The number of phenols is 1. The number of phenolic OH excluding ortho intramolecular Hbond substituents is 1. The van der Waals surface area contributed by atoms with Crippen LogP contribution >= 0.6 is 0 Å². The Balaban J connectivity index is 1.56. The van der Waals surface area contributed by atoms with E-state index in [2.05, 4.69) is 20.4 Å². The van der Waals surface area contributed by atoms with Gasteiger partial charge in [0.15, 0.2) is 11.5 Å². The molecule has 2 amide bonds. The normalized spacial score (nSPS) is 18.7. The van der Waals surface area contributed by atoms with Gasteiger partial charge in [0.25, 0.3) is 0 Å². The monoisotopic (exact) mass is 484 g/mol. The molecule has 2 aliphatic rings. The highest BCUT2D eigenvalue weighted by molar-refractivity contribution is 5.95. The summed E-state index contributed by atoms with van der Waals surface area (Å²) < 4.78 is 23.8. The lowest BCUT2D eigenvalue weighted by atomic mass is 9.94. The number of carbonyl (C=O) groups excluding carboxylic acids is 2. The Bertz CT molecular complexity index is 1110. The standard InChI is InChI=1S/C25H29FN4O5/c1-3-35-21-14-16(4-9-20(21)31)23-22(24(32)34-2)19(27-25(33)28-23)15-29-10-12-30(13-11-29)18-7-5-17(26)6-8-18/h4-9,14,23,31H,3,10-13,15H2,1-2H3,(H2,27,28,33)/t23-/m0/s1. The molecule has 1 saturated heterocycles. The minimum absolute atomic E-state index is 0.0290. The van der Waals surface area contributed by atoms with Crippen molar-refractivity contribution in [1.29, 1.82) is 0 Å². The summed E-state index contributed by atoms with van der Waals surface area (Å²) in [4.78, 5) is 29.7. The first-order valence-corrected chi connectivity index (χ1v) is 11.5. The van der Waals surface area contributed by atoms with Gasteiger partial charge in [0, 0.05) is 44.1 Å². The fourth-order valence-electron chi connectivity index (χ4n) is 4.36. The zero-order chi connectivity index (χ0) is 24.9. The first-order chi connectivity index (χ1) is 16.9. The van der Waals surface area contributed by atoms with E-state index in [9.17, 15) is 19.1 Å². The van der Waals surface area contributed by atoms with Gasteiger partial charge in [0.2, 0.25) is 0 Å². The number of ether oxygens (including phenoxy) is 2. The summed E-state index contributed by atoms with van der Waals surface area (Å²) in [7, 11) is 1.30. The molecule has 9 nitrogen and oxygen atoms in total. The Kier molecular flexibility index (Phi) is 7.40. The predicted octanol–water partition coefficient (Wildman–Crippen LogP) is 2.53. The summed E-state index contributed by atoms with van der Waals surface area (Å²) >= 11 is 0. The molecule has 0 saturated carbocycles. The van der Waals surface area contributed by atoms with Gasteiger partial charge in [-0.2, -0.15) is 0 Å². The minimum Gasteiger partial charge on any atom is -0.504 e. The number of hydrogen-bond donors (Lipinski definition) is 3. The molecule has 1 atom stereocenters. The molecule has 0 spiro atoms. The van der Waals surface area contributed by atoms with Crippen LogP contribution in [0.15, 0.2) is 53.7 Å². The average molecular weight is 485 g/mol. The molecule has 10 heteroatoms. The van der Waals surface area contributed by atoms with Gasteiger partial charge in [-0.3, -0.25) is 4.90 Å². The molecule has 35 heavy (non-hydrogen) atoms. The van der Waals surface area contributed by atoms with Crippen LogP contribution in [0.3, 0.4) is 0 Å². The largest absolute Gasteiger partial charge is 0.504 e. The summed E-state index contributed by atoms with van der Waals surface area (Å²) in [6.45, 7) is 5.32. The molecule has 2 aliphatic heterocycles. The number of carbonyl (C=O) groups is 2. The number of benzene rings is 2. The van der Waals surface area contributed by atoms with Crippen molar-refractivity contribution in [2.24, 2.45) is 0 Å². The predicted molar refractivity (Wildman–Crippen MR) is 128 cm³/mol. The fraction of sp³-hybridized carbons (Fsp3) is 0.360. The molecule has 1 fully saturated rings. The Labute approximate surface area is 203 Å². The Morgan fingerprint density at radius 2 is 1.86 bits per heavy atom. The molecular formula is C25H29FN4O5. The third-order valence-corrected chi connectivity index (χ3v) is 6.12. The molecule has 2 aromatic rings. The number of nitrogens with zero attached hydrogens (tertiary/aromatic N) is 2. The Morgan fingerprint density at radius 3 is 2.51 bits per heavy atom. The third-order valence-electron chi connectivity index (χ3n) is 6.12. The van der Waals surface area contributed by atoms with E-state index in [1.54, 1.807) is 31.2 Å². The first-order valence-electron chi connectivity index (χ1n) is 11.5. The van der Waals surface area contributed by atoms with Crippen LogP contribution in [0.2, 0.25) is 0 Å². The molecule has 0 radical (unpaired) electrons. The van der Waals surface area contributed by atoms with Crippen molar-refractivity contribution in [2.75, 3.05) is 51.3 Å². The number of nitrogens with one attached hydrogen (secondary N) is 2. The van der Waals surface area contributed by atoms with Crippen molar-refractivity contribution in [3.05, 3.63) is 65.1 Å². The van der Waals surface area contributed by atoms with Crippen LogP contribution in [0, 0.1) is 5.82 Å². The summed E-state index contributed by atoms with van der Waals surface area (Å²) in [5.74, 6) is -0.597. The van der Waals surface area contributed by atoms with Gasteiger partial charge in [-0.1, -0.05) is 6.07 Å². The summed E-state index contributed by atoms with van der Waals surface area (Å²) in [6, 6.07) is 9.91. The fourth-order valence-corrected chi connectivity index (χ4v) is 4.36. The summed E-state index contributed by atoms with van der Waals surface area (Å²) in [5, 5.41) is 15.6. The zero-order valence-corrected chi connectivity index (χ0v) is 19.7. The van der Waals surface area contributed by atoms with Crippen molar-refractivity contribution in [3.63, 3.8) is 0 Å². The molecule has 0 unspecified atom stereocenters. The van der Waals surface area contributed by atoms with Gasteiger partial charge in [-0.15, -0.1) is 0 Å². The van der Waals surface area contributed by atoms with Crippen LogP contribution in [0.5, 0.6) is 11.5 Å². The highest BCUT2D eigenvalue weighted by atomic mass is 19.1. The SMILES string of the molecule is CCOc1cc([C@@H]2NC(=O)NC(CN3CCN(c4ccc(F)cc4)CC3)=C2C(=O)OC)ccc1O. The molecule has 3 N–H and O–H groups in total. The molecule has 0 bridgehead atoms. The molecule has 0 aromatic heterocycles. The van der Waals surface area contributed by atoms with Crippen molar-refractivity contribution >= 4 is 17.7 Å². The van der Waals surface area contributed by atoms with Crippen LogP contribution in [0.4, 0.5) is 14.9 Å². The second-order valence-electron chi connectivity index (χ2n) is 8.32. The van der Waals surface area contributed by atoms with Crippen molar-refractivity contribution in [2.45, 2.75) is 13.0 Å². The number of urea groups is 1. The molecule has 186 valence electrons. The number of piperazine rings is 1. The number of esters is 1. The lowest BCUT2D eigenvalue weighted by Gasteiger charge is -2.38. The molecule has 4 rings (SSSR count). The number of hydrogen-bond acceptors (Lipinski definition) is 7. The van der Waals surface area contributed by atoms with E-state index in [1.807, 2.05) is 0 Å². The molecular weight excluding hydrogens is 455 g/mol. The molecule has 0 aliphatic carbocycles. The second kappa shape index (κ2) is 10.6. The van der Waals surface area contributed by atoms with Gasteiger partial charge < -0.3 is 30.1 Å². The zero-order valence-electron chi connectivity index (χ0n) is 19.7. The van der Waals surface area contributed by atoms with E-state index in [0.29, 0.717) is 43.1 Å². The number of halogens is 1. The highest BCUT2D eigenvalue weighted by Crippen LogP contribution is 2.34. The van der Waals surface area contributed by atoms with E-state index >= 15 is 0 Å². The number of anilines is 1. The molecule has 2 heterocycles. The van der Waals surface area contributed by atoms with Gasteiger partial charge >= 0.3 is 12.0 Å². The van der Waals surface area contributed by atoms with E-state index < -0.39 is 18.0 Å².